The number of alkyl halides is 1. The maximum atomic E-state index is 11.2. The van der Waals surface area contributed by atoms with Crippen LogP contribution in [0.2, 0.25) is 10.0 Å². The van der Waals surface area contributed by atoms with Crippen LogP contribution in [0.5, 0.6) is 0 Å². The van der Waals surface area contributed by atoms with Gasteiger partial charge in [0.25, 0.3) is 0 Å². The summed E-state index contributed by atoms with van der Waals surface area (Å²) in [6.07, 6.45) is 0. The number of carbonyl (C=O) groups excluding carboxylic acids is 1. The van der Waals surface area contributed by atoms with Crippen molar-refractivity contribution in [2.75, 3.05) is 11.6 Å². The number of halogens is 3. The number of ketones is 1. The number of carbonyl (C=O) groups is 1. The van der Waals surface area contributed by atoms with Crippen LogP contribution in [0.15, 0.2) is 12.1 Å². The van der Waals surface area contributed by atoms with Crippen molar-refractivity contribution in [3.63, 3.8) is 0 Å². The third-order valence-corrected chi connectivity index (χ3v) is 2.29. The first-order valence-electron chi connectivity index (χ1n) is 3.40. The fourth-order valence-electron chi connectivity index (χ4n) is 0.887. The van der Waals surface area contributed by atoms with Gasteiger partial charge in [0.15, 0.2) is 5.78 Å². The number of nitrogens with two attached hydrogens (primary N) is 1. The maximum absolute atomic E-state index is 11.2. The van der Waals surface area contributed by atoms with E-state index < -0.39 is 0 Å². The molecule has 0 saturated heterocycles. The zero-order valence-electron chi connectivity index (χ0n) is 6.48. The van der Waals surface area contributed by atoms with Gasteiger partial charge in [0.2, 0.25) is 0 Å². The minimum atomic E-state index is -0.288. The van der Waals surface area contributed by atoms with E-state index in [1.807, 2.05) is 0 Å². The molecule has 0 unspecified atom stereocenters. The number of nitrogen functional groups attached to an aromatic ring is 1. The molecule has 1 aromatic carbocycles. The highest BCUT2D eigenvalue weighted by Crippen LogP contribution is 2.27. The zero-order chi connectivity index (χ0) is 10.0. The zero-order valence-corrected chi connectivity index (χ0v) is 8.75. The van der Waals surface area contributed by atoms with Gasteiger partial charge in [0.1, 0.15) is 0 Å². The number of anilines is 1. The largest absolute Gasteiger partial charge is 0.397 e. The Morgan fingerprint density at radius 3 is 2.54 bits per heavy atom. The van der Waals surface area contributed by atoms with Gasteiger partial charge in [-0.25, -0.2) is 0 Å². The van der Waals surface area contributed by atoms with E-state index in [1.54, 1.807) is 0 Å². The molecule has 0 atom stereocenters. The van der Waals surface area contributed by atoms with E-state index in [-0.39, 0.29) is 27.9 Å². The Kier molecular flexibility index (Phi) is 3.42. The molecule has 0 fully saturated rings. The summed E-state index contributed by atoms with van der Waals surface area (Å²) < 4.78 is 0. The quantitative estimate of drug-likeness (QED) is 0.489. The van der Waals surface area contributed by atoms with Gasteiger partial charge in [0.05, 0.1) is 16.6 Å². The molecule has 0 bridgehead atoms. The second-order valence-corrected chi connectivity index (χ2v) is 3.52. The summed E-state index contributed by atoms with van der Waals surface area (Å²) in [5, 5.41) is 0.633. The standard InChI is InChI=1S/C8H6Cl3NO/c9-3-7(13)5-1-4(10)2-6(11)8(5)12/h1-2H,3,12H2. The Bertz CT molecular complexity index is 351. The van der Waals surface area contributed by atoms with E-state index in [0.717, 1.165) is 0 Å². The normalized spacial score (nSPS) is 10.1. The molecular weight excluding hydrogens is 232 g/mol. The van der Waals surface area contributed by atoms with Crippen LogP contribution in [0.4, 0.5) is 5.69 Å². The van der Waals surface area contributed by atoms with Gasteiger partial charge in [-0.1, -0.05) is 23.2 Å². The van der Waals surface area contributed by atoms with Crippen LogP contribution in [-0.2, 0) is 0 Å². The van der Waals surface area contributed by atoms with Crippen molar-refractivity contribution in [3.8, 4) is 0 Å². The Balaban J connectivity index is 3.28. The molecule has 0 aliphatic carbocycles. The summed E-state index contributed by atoms with van der Waals surface area (Å²) in [6, 6.07) is 2.93. The summed E-state index contributed by atoms with van der Waals surface area (Å²) in [5.74, 6) is -0.426. The predicted molar refractivity (Wildman–Crippen MR) is 55.9 cm³/mol. The molecule has 0 saturated carbocycles. The lowest BCUT2D eigenvalue weighted by Gasteiger charge is -2.05. The topological polar surface area (TPSA) is 43.1 Å². The highest BCUT2D eigenvalue weighted by Gasteiger charge is 2.12. The molecule has 2 N–H and O–H groups in total. The van der Waals surface area contributed by atoms with Crippen LogP contribution in [0.1, 0.15) is 10.4 Å². The Hall–Kier alpha value is -0.440. The monoisotopic (exact) mass is 237 g/mol. The van der Waals surface area contributed by atoms with Gasteiger partial charge < -0.3 is 5.73 Å². The molecule has 0 heterocycles. The van der Waals surface area contributed by atoms with Crippen LogP contribution in [0.25, 0.3) is 0 Å². The molecule has 70 valence electrons. The number of Topliss-reactive ketones (excluding diaryl/α,β-unsaturated/α-hetero) is 1. The molecule has 0 amide bonds. The first-order chi connectivity index (χ1) is 6.06. The molecule has 13 heavy (non-hydrogen) atoms. The maximum Gasteiger partial charge on any atom is 0.179 e. The lowest BCUT2D eigenvalue weighted by molar-refractivity contribution is 0.102. The third-order valence-electron chi connectivity index (χ3n) is 1.52. The lowest BCUT2D eigenvalue weighted by Crippen LogP contribution is -2.05. The number of benzene rings is 1. The summed E-state index contributed by atoms with van der Waals surface area (Å²) in [5.41, 5.74) is 6.05. The van der Waals surface area contributed by atoms with Crippen LogP contribution in [-0.4, -0.2) is 11.7 Å². The van der Waals surface area contributed by atoms with Crippen molar-refractivity contribution < 1.29 is 4.79 Å². The number of hydrogen-bond donors (Lipinski definition) is 1. The van der Waals surface area contributed by atoms with Gasteiger partial charge in [-0.3, -0.25) is 4.79 Å². The fraction of sp³-hybridized carbons (Fsp3) is 0.125. The Morgan fingerprint density at radius 2 is 2.00 bits per heavy atom. The summed E-state index contributed by atoms with van der Waals surface area (Å²) >= 11 is 16.8. The first kappa shape index (κ1) is 10.6. The van der Waals surface area contributed by atoms with E-state index in [9.17, 15) is 4.79 Å². The van der Waals surface area contributed by atoms with Gasteiger partial charge in [-0.05, 0) is 12.1 Å². The second-order valence-electron chi connectivity index (χ2n) is 2.41. The number of rotatable bonds is 2. The summed E-state index contributed by atoms with van der Waals surface area (Å²) in [6.45, 7) is 0. The smallest absolute Gasteiger partial charge is 0.179 e. The minimum absolute atomic E-state index is 0.138. The molecule has 2 nitrogen and oxygen atoms in total. The molecule has 0 aliphatic heterocycles. The fourth-order valence-corrected chi connectivity index (χ4v) is 1.52. The van der Waals surface area contributed by atoms with E-state index in [1.165, 1.54) is 12.1 Å². The SMILES string of the molecule is Nc1c(Cl)cc(Cl)cc1C(=O)CCl. The van der Waals surface area contributed by atoms with Gasteiger partial charge in [0, 0.05) is 10.6 Å². The van der Waals surface area contributed by atoms with Gasteiger partial charge in [-0.15, -0.1) is 11.6 Å². The van der Waals surface area contributed by atoms with Crippen LogP contribution >= 0.6 is 34.8 Å². The third kappa shape index (κ3) is 2.27. The van der Waals surface area contributed by atoms with Gasteiger partial charge in [-0.2, -0.15) is 0 Å². The molecular formula is C8H6Cl3NO. The average molecular weight is 239 g/mol. The van der Waals surface area contributed by atoms with Crippen molar-refractivity contribution >= 4 is 46.3 Å². The second kappa shape index (κ2) is 4.18. The van der Waals surface area contributed by atoms with Crippen molar-refractivity contribution in [1.82, 2.24) is 0 Å². The van der Waals surface area contributed by atoms with E-state index in [0.29, 0.717) is 5.02 Å². The van der Waals surface area contributed by atoms with Gasteiger partial charge >= 0.3 is 0 Å². The van der Waals surface area contributed by atoms with Crippen molar-refractivity contribution in [2.24, 2.45) is 0 Å². The lowest BCUT2D eigenvalue weighted by atomic mass is 10.1. The molecule has 1 aromatic rings. The summed E-state index contributed by atoms with van der Waals surface area (Å²) in [4.78, 5) is 11.2. The van der Waals surface area contributed by atoms with Crippen molar-refractivity contribution in [2.45, 2.75) is 0 Å². The Morgan fingerprint density at radius 1 is 1.38 bits per heavy atom. The molecule has 0 spiro atoms. The van der Waals surface area contributed by atoms with Crippen molar-refractivity contribution in [1.29, 1.82) is 0 Å². The van der Waals surface area contributed by atoms with Crippen LogP contribution in [0, 0.1) is 0 Å². The Labute approximate surface area is 90.6 Å². The molecule has 5 heteroatoms. The summed E-state index contributed by atoms with van der Waals surface area (Å²) in [7, 11) is 0. The van der Waals surface area contributed by atoms with Crippen LogP contribution < -0.4 is 5.73 Å². The highest BCUT2D eigenvalue weighted by atomic mass is 35.5. The van der Waals surface area contributed by atoms with E-state index in [4.69, 9.17) is 40.5 Å². The molecule has 0 radical (unpaired) electrons. The highest BCUT2D eigenvalue weighted by molar-refractivity contribution is 6.38. The van der Waals surface area contributed by atoms with E-state index >= 15 is 0 Å². The predicted octanol–water partition coefficient (Wildman–Crippen LogP) is 3.00. The molecule has 0 aliphatic rings. The molecule has 1 rings (SSSR count). The average Bonchev–Trinajstić information content (AvgIpc) is 2.10. The first-order valence-corrected chi connectivity index (χ1v) is 4.69. The number of hydrogen-bond acceptors (Lipinski definition) is 2. The minimum Gasteiger partial charge on any atom is -0.397 e. The molecule has 0 aromatic heterocycles. The van der Waals surface area contributed by atoms with E-state index in [2.05, 4.69) is 0 Å². The van der Waals surface area contributed by atoms with Crippen LogP contribution in [0.3, 0.4) is 0 Å². The van der Waals surface area contributed by atoms with Crippen molar-refractivity contribution in [3.05, 3.63) is 27.7 Å².